The lowest BCUT2D eigenvalue weighted by Crippen LogP contribution is -2.38. The molecule has 0 aliphatic carbocycles. The maximum atomic E-state index is 12.9. The quantitative estimate of drug-likeness (QED) is 0.512. The average Bonchev–Trinajstić information content (AvgIpc) is 2.82. The highest BCUT2D eigenvalue weighted by Gasteiger charge is 2.24. The lowest BCUT2D eigenvalue weighted by molar-refractivity contribution is -0.126. The molecule has 1 fully saturated rings. The van der Waals surface area contributed by atoms with Crippen LogP contribution in [-0.4, -0.2) is 45.9 Å². The van der Waals surface area contributed by atoms with Gasteiger partial charge >= 0.3 is 0 Å². The fourth-order valence-electron chi connectivity index (χ4n) is 4.10. The maximum absolute atomic E-state index is 12.9. The Kier molecular flexibility index (Phi) is 7.17. The predicted molar refractivity (Wildman–Crippen MR) is 132 cm³/mol. The standard InChI is InChI=1S/C25H28ClN5O3/c1-15(2)22(23(27)32)34-20-8-6-7-19-21(20)24(29-14-28-19)30-16-9-10-17(18(26)13-16)25(33)31-11-4-3-5-12-31/h6-10,13-15,22H,3-5,11-12H2,1-2H3,(H2,27,32)(H,28,29,30)/t22-/m1/s1. The Morgan fingerprint density at radius 2 is 1.88 bits per heavy atom. The lowest BCUT2D eigenvalue weighted by Gasteiger charge is -2.27. The number of benzene rings is 2. The smallest absolute Gasteiger partial charge is 0.258 e. The van der Waals surface area contributed by atoms with Crippen molar-refractivity contribution >= 4 is 45.8 Å². The highest BCUT2D eigenvalue weighted by molar-refractivity contribution is 6.34. The molecule has 178 valence electrons. The molecule has 1 aliphatic rings. The van der Waals surface area contributed by atoms with Gasteiger partial charge in [0.1, 0.15) is 17.9 Å². The van der Waals surface area contributed by atoms with Gasteiger partial charge in [-0.05, 0) is 55.5 Å². The molecule has 2 heterocycles. The summed E-state index contributed by atoms with van der Waals surface area (Å²) in [6.45, 7) is 5.25. The number of rotatable bonds is 7. The molecule has 2 aromatic carbocycles. The highest BCUT2D eigenvalue weighted by atomic mass is 35.5. The average molecular weight is 482 g/mol. The summed E-state index contributed by atoms with van der Waals surface area (Å²) in [6, 6.07) is 10.6. The summed E-state index contributed by atoms with van der Waals surface area (Å²) in [5.74, 6) is 0.224. The van der Waals surface area contributed by atoms with Crippen LogP contribution in [0.25, 0.3) is 10.9 Å². The minimum atomic E-state index is -0.798. The van der Waals surface area contributed by atoms with Crippen LogP contribution >= 0.6 is 11.6 Å². The molecule has 0 spiro atoms. The normalized spacial score (nSPS) is 14.8. The largest absolute Gasteiger partial charge is 0.479 e. The van der Waals surface area contributed by atoms with Gasteiger partial charge in [-0.25, -0.2) is 9.97 Å². The van der Waals surface area contributed by atoms with Gasteiger partial charge in [0.25, 0.3) is 11.8 Å². The van der Waals surface area contributed by atoms with Gasteiger partial charge in [-0.1, -0.05) is 31.5 Å². The van der Waals surface area contributed by atoms with E-state index in [-0.39, 0.29) is 11.8 Å². The van der Waals surface area contributed by atoms with Crippen LogP contribution < -0.4 is 15.8 Å². The molecule has 34 heavy (non-hydrogen) atoms. The molecular formula is C25H28ClN5O3. The van der Waals surface area contributed by atoms with Crippen molar-refractivity contribution in [3.63, 3.8) is 0 Å². The number of likely N-dealkylation sites (tertiary alicyclic amines) is 1. The van der Waals surface area contributed by atoms with Gasteiger partial charge in [-0.2, -0.15) is 0 Å². The summed E-state index contributed by atoms with van der Waals surface area (Å²) in [5, 5.41) is 4.23. The molecular weight excluding hydrogens is 454 g/mol. The summed E-state index contributed by atoms with van der Waals surface area (Å²) in [5.41, 5.74) is 7.32. The zero-order valence-corrected chi connectivity index (χ0v) is 20.0. The van der Waals surface area contributed by atoms with Crippen molar-refractivity contribution in [3.05, 3.63) is 53.3 Å². The minimum absolute atomic E-state index is 0.0504. The molecule has 1 aliphatic heterocycles. The Morgan fingerprint density at radius 3 is 2.56 bits per heavy atom. The lowest BCUT2D eigenvalue weighted by atomic mass is 10.1. The Hall–Kier alpha value is -3.39. The Morgan fingerprint density at radius 1 is 1.12 bits per heavy atom. The van der Waals surface area contributed by atoms with Crippen LogP contribution in [0.4, 0.5) is 11.5 Å². The van der Waals surface area contributed by atoms with Gasteiger partial charge in [0.2, 0.25) is 0 Å². The topological polar surface area (TPSA) is 110 Å². The maximum Gasteiger partial charge on any atom is 0.258 e. The molecule has 0 bridgehead atoms. The van der Waals surface area contributed by atoms with Gasteiger partial charge in [0.15, 0.2) is 6.10 Å². The summed E-state index contributed by atoms with van der Waals surface area (Å²) < 4.78 is 6.00. The van der Waals surface area contributed by atoms with Gasteiger partial charge in [-0.3, -0.25) is 9.59 Å². The highest BCUT2D eigenvalue weighted by Crippen LogP contribution is 2.34. The number of primary amides is 1. The Labute approximate surface area is 203 Å². The molecule has 3 N–H and O–H groups in total. The van der Waals surface area contributed by atoms with Crippen molar-refractivity contribution in [1.82, 2.24) is 14.9 Å². The van der Waals surface area contributed by atoms with Crippen molar-refractivity contribution < 1.29 is 14.3 Å². The molecule has 8 nitrogen and oxygen atoms in total. The third-order valence-electron chi connectivity index (χ3n) is 5.87. The number of ether oxygens (including phenoxy) is 1. The number of anilines is 2. The third kappa shape index (κ3) is 5.07. The zero-order valence-electron chi connectivity index (χ0n) is 19.3. The van der Waals surface area contributed by atoms with Gasteiger partial charge in [-0.15, -0.1) is 0 Å². The van der Waals surface area contributed by atoms with E-state index in [1.807, 2.05) is 24.8 Å². The number of halogens is 1. The molecule has 1 saturated heterocycles. The molecule has 0 unspecified atom stereocenters. The summed E-state index contributed by atoms with van der Waals surface area (Å²) >= 11 is 6.50. The Balaban J connectivity index is 1.64. The van der Waals surface area contributed by atoms with E-state index in [1.165, 1.54) is 6.33 Å². The number of carbonyl (C=O) groups is 2. The Bertz CT molecular complexity index is 1210. The number of nitrogens with two attached hydrogens (primary N) is 1. The van der Waals surface area contributed by atoms with Crippen LogP contribution in [0.1, 0.15) is 43.5 Å². The summed E-state index contributed by atoms with van der Waals surface area (Å²) in [6.07, 6.45) is 3.82. The molecule has 3 aromatic rings. The van der Waals surface area contributed by atoms with Gasteiger partial charge in [0, 0.05) is 18.8 Å². The first kappa shape index (κ1) is 23.8. The van der Waals surface area contributed by atoms with Crippen molar-refractivity contribution in [1.29, 1.82) is 0 Å². The zero-order chi connectivity index (χ0) is 24.2. The first-order chi connectivity index (χ1) is 16.3. The van der Waals surface area contributed by atoms with E-state index < -0.39 is 12.0 Å². The first-order valence-electron chi connectivity index (χ1n) is 11.4. The summed E-state index contributed by atoms with van der Waals surface area (Å²) in [7, 11) is 0. The predicted octanol–water partition coefficient (Wildman–Crippen LogP) is 4.54. The van der Waals surface area contributed by atoms with E-state index in [9.17, 15) is 9.59 Å². The van der Waals surface area contributed by atoms with Crippen LogP contribution in [-0.2, 0) is 4.79 Å². The second kappa shape index (κ2) is 10.3. The van der Waals surface area contributed by atoms with Gasteiger partial charge in [0.05, 0.1) is 21.5 Å². The number of hydrogen-bond donors (Lipinski definition) is 2. The fourth-order valence-corrected chi connectivity index (χ4v) is 4.36. The van der Waals surface area contributed by atoms with Crippen molar-refractivity contribution in [2.24, 2.45) is 11.7 Å². The van der Waals surface area contributed by atoms with Crippen LogP contribution in [0.15, 0.2) is 42.7 Å². The molecule has 2 amide bonds. The first-order valence-corrected chi connectivity index (χ1v) is 11.8. The van der Waals surface area contributed by atoms with Crippen molar-refractivity contribution in [2.45, 2.75) is 39.2 Å². The molecule has 9 heteroatoms. The van der Waals surface area contributed by atoms with Crippen molar-refractivity contribution in [3.8, 4) is 5.75 Å². The molecule has 0 saturated carbocycles. The van der Waals surface area contributed by atoms with E-state index in [0.29, 0.717) is 38.7 Å². The minimum Gasteiger partial charge on any atom is -0.479 e. The SMILES string of the molecule is CC(C)[C@@H](Oc1cccc2ncnc(Nc3ccc(C(=O)N4CCCCC4)c(Cl)c3)c12)C(N)=O. The number of aromatic nitrogens is 2. The second-order valence-corrected chi connectivity index (χ2v) is 9.14. The molecule has 1 atom stereocenters. The monoisotopic (exact) mass is 481 g/mol. The summed E-state index contributed by atoms with van der Waals surface area (Å²) in [4.78, 5) is 35.3. The van der Waals surface area contributed by atoms with Crippen LogP contribution in [0.3, 0.4) is 0 Å². The number of carbonyl (C=O) groups excluding carboxylic acids is 2. The number of amides is 2. The van der Waals surface area contributed by atoms with E-state index in [4.69, 9.17) is 22.1 Å². The molecule has 0 radical (unpaired) electrons. The number of piperidine rings is 1. The van der Waals surface area contributed by atoms with E-state index in [0.717, 1.165) is 32.4 Å². The third-order valence-corrected chi connectivity index (χ3v) is 6.18. The van der Waals surface area contributed by atoms with Gasteiger partial charge < -0.3 is 20.7 Å². The number of fused-ring (bicyclic) bond motifs is 1. The van der Waals surface area contributed by atoms with E-state index >= 15 is 0 Å². The van der Waals surface area contributed by atoms with E-state index in [1.54, 1.807) is 30.3 Å². The second-order valence-electron chi connectivity index (χ2n) is 8.73. The number of nitrogens with zero attached hydrogens (tertiary/aromatic N) is 3. The molecule has 4 rings (SSSR count). The van der Waals surface area contributed by atoms with E-state index in [2.05, 4.69) is 15.3 Å². The fraction of sp³-hybridized carbons (Fsp3) is 0.360. The number of nitrogens with one attached hydrogen (secondary N) is 1. The number of hydrogen-bond acceptors (Lipinski definition) is 6. The van der Waals surface area contributed by atoms with Crippen LogP contribution in [0, 0.1) is 5.92 Å². The molecule has 1 aromatic heterocycles. The van der Waals surface area contributed by atoms with Crippen LogP contribution in [0.2, 0.25) is 5.02 Å². The van der Waals surface area contributed by atoms with Crippen LogP contribution in [0.5, 0.6) is 5.75 Å². The van der Waals surface area contributed by atoms with Crippen molar-refractivity contribution in [2.75, 3.05) is 18.4 Å².